The van der Waals surface area contributed by atoms with E-state index in [4.69, 9.17) is 27.9 Å². The van der Waals surface area contributed by atoms with Crippen LogP contribution < -0.4 is 10.1 Å². The molecule has 0 atom stereocenters. The maximum absolute atomic E-state index is 6.11. The second-order valence-corrected chi connectivity index (χ2v) is 5.50. The fraction of sp³-hybridized carbons (Fsp3) is 0.267. The number of pyridine rings is 1. The molecule has 1 aromatic carbocycles. The van der Waals surface area contributed by atoms with Crippen molar-refractivity contribution in [1.29, 1.82) is 0 Å². The molecule has 1 N–H and O–H groups in total. The van der Waals surface area contributed by atoms with Crippen molar-refractivity contribution in [3.8, 4) is 11.6 Å². The third-order valence-corrected chi connectivity index (χ3v) is 3.43. The second kappa shape index (κ2) is 6.33. The fourth-order valence-electron chi connectivity index (χ4n) is 1.75. The number of anilines is 1. The predicted octanol–water partition coefficient (Wildman–Crippen LogP) is 5.35. The molecule has 1 heterocycles. The lowest BCUT2D eigenvalue weighted by Crippen LogP contribution is -1.97. The summed E-state index contributed by atoms with van der Waals surface area (Å²) in [5.41, 5.74) is 1.20. The highest BCUT2D eigenvalue weighted by Gasteiger charge is 2.11. The number of hydrogen-bond acceptors (Lipinski definition) is 3. The SMILES string of the molecule is CNc1nc(Oc2cccc(C(C)C)c2)c(Cl)cc1Cl. The minimum atomic E-state index is 0.335. The number of nitrogens with zero attached hydrogens (tertiary/aromatic N) is 1. The first-order valence-electron chi connectivity index (χ1n) is 6.33. The van der Waals surface area contributed by atoms with Gasteiger partial charge in [-0.3, -0.25) is 0 Å². The van der Waals surface area contributed by atoms with Crippen LogP contribution in [-0.4, -0.2) is 12.0 Å². The Bertz CT molecular complexity index is 615. The number of benzene rings is 1. The van der Waals surface area contributed by atoms with Crippen LogP contribution in [0.2, 0.25) is 10.0 Å². The predicted molar refractivity (Wildman–Crippen MR) is 84.4 cm³/mol. The van der Waals surface area contributed by atoms with Crippen LogP contribution in [0.15, 0.2) is 30.3 Å². The Labute approximate surface area is 128 Å². The first-order chi connectivity index (χ1) is 9.51. The summed E-state index contributed by atoms with van der Waals surface area (Å²) in [6.45, 7) is 4.26. The lowest BCUT2D eigenvalue weighted by molar-refractivity contribution is 0.463. The van der Waals surface area contributed by atoms with Crippen molar-refractivity contribution < 1.29 is 4.74 Å². The average molecular weight is 311 g/mol. The zero-order chi connectivity index (χ0) is 14.7. The van der Waals surface area contributed by atoms with Crippen molar-refractivity contribution in [2.45, 2.75) is 19.8 Å². The summed E-state index contributed by atoms with van der Waals surface area (Å²) in [4.78, 5) is 4.26. The third-order valence-electron chi connectivity index (χ3n) is 2.87. The zero-order valence-electron chi connectivity index (χ0n) is 11.6. The summed E-state index contributed by atoms with van der Waals surface area (Å²) < 4.78 is 5.76. The van der Waals surface area contributed by atoms with Gasteiger partial charge >= 0.3 is 0 Å². The van der Waals surface area contributed by atoms with Gasteiger partial charge in [0.1, 0.15) is 16.6 Å². The van der Waals surface area contributed by atoms with Crippen molar-refractivity contribution in [3.63, 3.8) is 0 Å². The summed E-state index contributed by atoms with van der Waals surface area (Å²) in [6, 6.07) is 9.48. The Morgan fingerprint density at radius 3 is 2.55 bits per heavy atom. The molecule has 0 bridgehead atoms. The van der Waals surface area contributed by atoms with Gasteiger partial charge in [-0.2, -0.15) is 4.98 Å². The first-order valence-corrected chi connectivity index (χ1v) is 7.08. The van der Waals surface area contributed by atoms with Gasteiger partial charge in [0.2, 0.25) is 5.88 Å². The molecule has 106 valence electrons. The molecule has 0 amide bonds. The summed E-state index contributed by atoms with van der Waals surface area (Å²) >= 11 is 12.1. The van der Waals surface area contributed by atoms with Crippen LogP contribution in [0, 0.1) is 0 Å². The molecule has 3 nitrogen and oxygen atoms in total. The first kappa shape index (κ1) is 14.9. The van der Waals surface area contributed by atoms with Crippen LogP contribution in [0.5, 0.6) is 11.6 Å². The zero-order valence-corrected chi connectivity index (χ0v) is 13.1. The van der Waals surface area contributed by atoms with E-state index in [1.807, 2.05) is 18.2 Å². The molecule has 20 heavy (non-hydrogen) atoms. The fourth-order valence-corrected chi connectivity index (χ4v) is 2.24. The van der Waals surface area contributed by atoms with E-state index in [1.165, 1.54) is 5.56 Å². The van der Waals surface area contributed by atoms with Crippen molar-refractivity contribution in [2.24, 2.45) is 0 Å². The van der Waals surface area contributed by atoms with Crippen molar-refractivity contribution >= 4 is 29.0 Å². The van der Waals surface area contributed by atoms with Gasteiger partial charge in [-0.05, 0) is 29.7 Å². The Hall–Kier alpha value is -1.45. The molecule has 0 fully saturated rings. The lowest BCUT2D eigenvalue weighted by atomic mass is 10.0. The monoisotopic (exact) mass is 310 g/mol. The number of rotatable bonds is 4. The van der Waals surface area contributed by atoms with Crippen molar-refractivity contribution in [1.82, 2.24) is 4.98 Å². The molecular weight excluding hydrogens is 295 g/mol. The minimum absolute atomic E-state index is 0.335. The van der Waals surface area contributed by atoms with E-state index in [9.17, 15) is 0 Å². The lowest BCUT2D eigenvalue weighted by Gasteiger charge is -2.11. The largest absolute Gasteiger partial charge is 0.437 e. The van der Waals surface area contributed by atoms with Crippen LogP contribution in [0.4, 0.5) is 5.82 Å². The molecule has 5 heteroatoms. The Morgan fingerprint density at radius 1 is 1.15 bits per heavy atom. The summed E-state index contributed by atoms with van der Waals surface area (Å²) in [5, 5.41) is 3.73. The normalized spacial score (nSPS) is 10.7. The van der Waals surface area contributed by atoms with Crippen molar-refractivity contribution in [3.05, 3.63) is 45.9 Å². The number of halogens is 2. The standard InChI is InChI=1S/C15H16Cl2N2O/c1-9(2)10-5-4-6-11(7-10)20-15-13(17)8-12(16)14(18-3)19-15/h4-9H,1-3H3,(H,18,19). The molecule has 0 aliphatic rings. The van der Waals surface area contributed by atoms with Gasteiger partial charge in [0, 0.05) is 7.05 Å². The minimum Gasteiger partial charge on any atom is -0.437 e. The Morgan fingerprint density at radius 2 is 1.90 bits per heavy atom. The number of nitrogens with one attached hydrogen (secondary N) is 1. The molecular formula is C15H16Cl2N2O. The maximum atomic E-state index is 6.11. The van der Waals surface area contributed by atoms with Crippen LogP contribution >= 0.6 is 23.2 Å². The topological polar surface area (TPSA) is 34.2 Å². The van der Waals surface area contributed by atoms with Gasteiger partial charge in [-0.15, -0.1) is 0 Å². The molecule has 0 saturated carbocycles. The molecule has 2 rings (SSSR count). The smallest absolute Gasteiger partial charge is 0.240 e. The van der Waals surface area contributed by atoms with Gasteiger partial charge in [0.15, 0.2) is 0 Å². The highest BCUT2D eigenvalue weighted by Crippen LogP contribution is 2.33. The molecule has 0 saturated heterocycles. The molecule has 0 spiro atoms. The molecule has 0 aliphatic heterocycles. The van der Waals surface area contributed by atoms with E-state index >= 15 is 0 Å². The van der Waals surface area contributed by atoms with E-state index < -0.39 is 0 Å². The molecule has 0 unspecified atom stereocenters. The summed E-state index contributed by atoms with van der Waals surface area (Å²) in [5.74, 6) is 2.00. The number of hydrogen-bond donors (Lipinski definition) is 1. The van der Waals surface area contributed by atoms with Gasteiger partial charge in [-0.1, -0.05) is 49.2 Å². The summed E-state index contributed by atoms with van der Waals surface area (Å²) in [7, 11) is 1.74. The summed E-state index contributed by atoms with van der Waals surface area (Å²) in [6.07, 6.45) is 0. The molecule has 2 aromatic rings. The van der Waals surface area contributed by atoms with E-state index in [0.29, 0.717) is 33.4 Å². The van der Waals surface area contributed by atoms with Crippen LogP contribution in [0.1, 0.15) is 25.3 Å². The van der Waals surface area contributed by atoms with Crippen LogP contribution in [-0.2, 0) is 0 Å². The van der Waals surface area contributed by atoms with Crippen LogP contribution in [0.3, 0.4) is 0 Å². The van der Waals surface area contributed by atoms with E-state index in [1.54, 1.807) is 13.1 Å². The van der Waals surface area contributed by atoms with E-state index in [2.05, 4.69) is 30.2 Å². The van der Waals surface area contributed by atoms with Crippen molar-refractivity contribution in [2.75, 3.05) is 12.4 Å². The molecule has 1 aromatic heterocycles. The van der Waals surface area contributed by atoms with Gasteiger partial charge in [0.25, 0.3) is 0 Å². The number of ether oxygens (including phenoxy) is 1. The van der Waals surface area contributed by atoms with Crippen LogP contribution in [0.25, 0.3) is 0 Å². The third kappa shape index (κ3) is 3.35. The van der Waals surface area contributed by atoms with E-state index in [0.717, 1.165) is 0 Å². The Balaban J connectivity index is 2.32. The second-order valence-electron chi connectivity index (χ2n) is 4.69. The average Bonchev–Trinajstić information content (AvgIpc) is 2.42. The molecule has 0 radical (unpaired) electrons. The van der Waals surface area contributed by atoms with E-state index in [-0.39, 0.29) is 0 Å². The van der Waals surface area contributed by atoms with Gasteiger partial charge in [0.05, 0.1) is 5.02 Å². The highest BCUT2D eigenvalue weighted by molar-refractivity contribution is 6.36. The van der Waals surface area contributed by atoms with Gasteiger partial charge < -0.3 is 10.1 Å². The Kier molecular flexibility index (Phi) is 4.73. The highest BCUT2D eigenvalue weighted by atomic mass is 35.5. The molecule has 0 aliphatic carbocycles. The maximum Gasteiger partial charge on any atom is 0.240 e. The van der Waals surface area contributed by atoms with Gasteiger partial charge in [-0.25, -0.2) is 0 Å². The quantitative estimate of drug-likeness (QED) is 0.827. The number of aromatic nitrogens is 1.